The van der Waals surface area contributed by atoms with Gasteiger partial charge in [0.15, 0.2) is 0 Å². The molecule has 0 fully saturated rings. The molecule has 0 aliphatic rings. The van der Waals surface area contributed by atoms with Gasteiger partial charge in [0.25, 0.3) is 0 Å². The largest absolute Gasteiger partial charge is 0.417 e. The first-order chi connectivity index (χ1) is 10.6. The summed E-state index contributed by atoms with van der Waals surface area (Å²) in [7, 11) is 0. The number of aromatic nitrogens is 1. The topological polar surface area (TPSA) is 12.9 Å². The summed E-state index contributed by atoms with van der Waals surface area (Å²) in [5.41, 5.74) is 0.356. The first-order valence-corrected chi connectivity index (χ1v) is 6.73. The van der Waals surface area contributed by atoms with Crippen LogP contribution >= 0.6 is 0 Å². The van der Waals surface area contributed by atoms with E-state index in [0.717, 1.165) is 17.0 Å². The molecule has 1 nitrogen and oxygen atoms in total. The Bertz CT molecular complexity index is 821. The molecule has 0 amide bonds. The number of pyridine rings is 1. The van der Waals surface area contributed by atoms with E-state index in [4.69, 9.17) is 0 Å². The summed E-state index contributed by atoms with van der Waals surface area (Å²) in [6.07, 6.45) is 2.00. The highest BCUT2D eigenvalue weighted by atomic mass is 19.4. The Morgan fingerprint density at radius 2 is 1.55 bits per heavy atom. The van der Waals surface area contributed by atoms with Gasteiger partial charge >= 0.3 is 6.18 Å². The van der Waals surface area contributed by atoms with E-state index >= 15 is 0 Å². The number of benzene rings is 2. The van der Waals surface area contributed by atoms with Gasteiger partial charge in [-0.1, -0.05) is 42.5 Å². The molecule has 4 heteroatoms. The standard InChI is InChI=1S/C18H12F3N/c19-18(20,21)17-8-6-14-3-1-2-4-15(14)16(17)7-5-13-9-11-22-12-10-13/h1-12H/b7-5+. The molecule has 0 radical (unpaired) electrons. The number of rotatable bonds is 2. The van der Waals surface area contributed by atoms with Gasteiger partial charge in [0.2, 0.25) is 0 Å². The molecular weight excluding hydrogens is 287 g/mol. The van der Waals surface area contributed by atoms with E-state index in [1.807, 2.05) is 6.07 Å². The molecular formula is C18H12F3N. The van der Waals surface area contributed by atoms with Crippen LogP contribution in [0.3, 0.4) is 0 Å². The van der Waals surface area contributed by atoms with Crippen LogP contribution in [0.2, 0.25) is 0 Å². The summed E-state index contributed by atoms with van der Waals surface area (Å²) in [5, 5.41) is 1.37. The normalized spacial score (nSPS) is 12.1. The minimum Gasteiger partial charge on any atom is -0.265 e. The monoisotopic (exact) mass is 299 g/mol. The van der Waals surface area contributed by atoms with E-state index in [2.05, 4.69) is 4.98 Å². The molecule has 3 rings (SSSR count). The average Bonchev–Trinajstić information content (AvgIpc) is 2.52. The maximum Gasteiger partial charge on any atom is 0.417 e. The zero-order valence-electron chi connectivity index (χ0n) is 11.5. The van der Waals surface area contributed by atoms with Crippen LogP contribution < -0.4 is 0 Å². The van der Waals surface area contributed by atoms with Gasteiger partial charge in [0, 0.05) is 12.4 Å². The molecule has 0 saturated heterocycles. The second kappa shape index (κ2) is 5.64. The fourth-order valence-corrected chi connectivity index (χ4v) is 2.38. The molecule has 3 aromatic rings. The van der Waals surface area contributed by atoms with Crippen molar-refractivity contribution >= 4 is 22.9 Å². The van der Waals surface area contributed by atoms with E-state index in [1.54, 1.807) is 48.8 Å². The van der Waals surface area contributed by atoms with Crippen molar-refractivity contribution in [3.8, 4) is 0 Å². The Kier molecular flexibility index (Phi) is 3.67. The summed E-state index contributed by atoms with van der Waals surface area (Å²) in [5.74, 6) is 0. The molecule has 0 aliphatic heterocycles. The quantitative estimate of drug-likeness (QED) is 0.615. The second-order valence-electron chi connectivity index (χ2n) is 4.86. The number of nitrogens with zero attached hydrogens (tertiary/aromatic N) is 1. The number of hydrogen-bond acceptors (Lipinski definition) is 1. The molecule has 0 saturated carbocycles. The molecule has 0 spiro atoms. The molecule has 110 valence electrons. The van der Waals surface area contributed by atoms with Gasteiger partial charge in [0.05, 0.1) is 5.56 Å². The number of halogens is 3. The lowest BCUT2D eigenvalue weighted by Gasteiger charge is -2.13. The minimum atomic E-state index is -4.39. The Hall–Kier alpha value is -2.62. The zero-order valence-corrected chi connectivity index (χ0v) is 11.5. The highest BCUT2D eigenvalue weighted by molar-refractivity contribution is 5.94. The van der Waals surface area contributed by atoms with Gasteiger partial charge in [-0.15, -0.1) is 0 Å². The van der Waals surface area contributed by atoms with Gasteiger partial charge < -0.3 is 0 Å². The Balaban J connectivity index is 2.19. The van der Waals surface area contributed by atoms with Crippen LogP contribution in [0.5, 0.6) is 0 Å². The SMILES string of the molecule is FC(F)(F)c1ccc2ccccc2c1/C=C/c1ccncc1. The lowest BCUT2D eigenvalue weighted by atomic mass is 9.97. The van der Waals surface area contributed by atoms with Crippen LogP contribution in [0.4, 0.5) is 13.2 Å². The van der Waals surface area contributed by atoms with E-state index in [0.29, 0.717) is 5.39 Å². The summed E-state index contributed by atoms with van der Waals surface area (Å²) in [6.45, 7) is 0. The molecule has 0 N–H and O–H groups in total. The van der Waals surface area contributed by atoms with Crippen molar-refractivity contribution in [3.05, 3.63) is 77.6 Å². The van der Waals surface area contributed by atoms with Crippen LogP contribution in [0, 0.1) is 0 Å². The molecule has 0 unspecified atom stereocenters. The number of hydrogen-bond donors (Lipinski definition) is 0. The first-order valence-electron chi connectivity index (χ1n) is 6.73. The van der Waals surface area contributed by atoms with Crippen LogP contribution in [0.15, 0.2) is 60.9 Å². The van der Waals surface area contributed by atoms with Gasteiger partial charge in [-0.25, -0.2) is 0 Å². The highest BCUT2D eigenvalue weighted by Crippen LogP contribution is 2.36. The number of fused-ring (bicyclic) bond motifs is 1. The third kappa shape index (κ3) is 2.86. The van der Waals surface area contributed by atoms with Crippen molar-refractivity contribution in [2.75, 3.05) is 0 Å². The maximum atomic E-state index is 13.3. The van der Waals surface area contributed by atoms with Crippen molar-refractivity contribution in [2.24, 2.45) is 0 Å². The van der Waals surface area contributed by atoms with Gasteiger partial charge in [0.1, 0.15) is 0 Å². The van der Waals surface area contributed by atoms with Crippen molar-refractivity contribution in [2.45, 2.75) is 6.18 Å². The van der Waals surface area contributed by atoms with Crippen LogP contribution in [0.1, 0.15) is 16.7 Å². The summed E-state index contributed by atoms with van der Waals surface area (Å²) >= 11 is 0. The van der Waals surface area contributed by atoms with Gasteiger partial charge in [-0.05, 0) is 40.1 Å². The van der Waals surface area contributed by atoms with E-state index in [1.165, 1.54) is 12.1 Å². The third-order valence-corrected chi connectivity index (χ3v) is 3.42. The maximum absolute atomic E-state index is 13.3. The molecule has 1 heterocycles. The molecule has 0 atom stereocenters. The number of alkyl halides is 3. The van der Waals surface area contributed by atoms with Crippen LogP contribution in [-0.2, 0) is 6.18 Å². The average molecular weight is 299 g/mol. The third-order valence-electron chi connectivity index (χ3n) is 3.42. The fraction of sp³-hybridized carbons (Fsp3) is 0.0556. The Labute approximate surface area is 125 Å². The Morgan fingerprint density at radius 1 is 0.818 bits per heavy atom. The fourth-order valence-electron chi connectivity index (χ4n) is 2.38. The molecule has 1 aromatic heterocycles. The van der Waals surface area contributed by atoms with Crippen molar-refractivity contribution in [1.82, 2.24) is 4.98 Å². The predicted octanol–water partition coefficient (Wildman–Crippen LogP) is 5.42. The molecule has 0 bridgehead atoms. The van der Waals surface area contributed by atoms with Crippen molar-refractivity contribution in [3.63, 3.8) is 0 Å². The minimum absolute atomic E-state index is 0.183. The molecule has 2 aromatic carbocycles. The second-order valence-corrected chi connectivity index (χ2v) is 4.86. The molecule has 22 heavy (non-hydrogen) atoms. The molecule has 0 aliphatic carbocycles. The van der Waals surface area contributed by atoms with Gasteiger partial charge in [-0.2, -0.15) is 13.2 Å². The first kappa shape index (κ1) is 14.3. The lowest BCUT2D eigenvalue weighted by molar-refractivity contribution is -0.137. The zero-order chi connectivity index (χ0) is 15.6. The van der Waals surface area contributed by atoms with Crippen molar-refractivity contribution < 1.29 is 13.2 Å². The summed E-state index contributed by atoms with van der Waals surface area (Å²) in [6, 6.07) is 13.2. The Morgan fingerprint density at radius 3 is 2.27 bits per heavy atom. The van der Waals surface area contributed by atoms with E-state index in [-0.39, 0.29) is 5.56 Å². The smallest absolute Gasteiger partial charge is 0.265 e. The van der Waals surface area contributed by atoms with Crippen LogP contribution in [-0.4, -0.2) is 4.98 Å². The predicted molar refractivity (Wildman–Crippen MR) is 82.1 cm³/mol. The summed E-state index contributed by atoms with van der Waals surface area (Å²) in [4.78, 5) is 3.89. The van der Waals surface area contributed by atoms with Gasteiger partial charge in [-0.3, -0.25) is 4.98 Å². The van der Waals surface area contributed by atoms with E-state index in [9.17, 15) is 13.2 Å². The van der Waals surface area contributed by atoms with E-state index < -0.39 is 11.7 Å². The highest BCUT2D eigenvalue weighted by Gasteiger charge is 2.33. The van der Waals surface area contributed by atoms with Crippen molar-refractivity contribution in [1.29, 1.82) is 0 Å². The van der Waals surface area contributed by atoms with Crippen LogP contribution in [0.25, 0.3) is 22.9 Å². The lowest BCUT2D eigenvalue weighted by Crippen LogP contribution is -2.07. The summed E-state index contributed by atoms with van der Waals surface area (Å²) < 4.78 is 39.8.